The maximum atomic E-state index is 13.0. The third-order valence-electron chi connectivity index (χ3n) is 5.38. The molecule has 9 heteroatoms. The molecule has 1 fully saturated rings. The highest BCUT2D eigenvalue weighted by molar-refractivity contribution is 9.10. The molecule has 0 atom stereocenters. The number of benzene rings is 2. The van der Waals surface area contributed by atoms with Gasteiger partial charge >= 0.3 is 0 Å². The van der Waals surface area contributed by atoms with Crippen LogP contribution >= 0.6 is 27.7 Å². The highest BCUT2D eigenvalue weighted by Gasteiger charge is 2.28. The zero-order chi connectivity index (χ0) is 21.8. The Balaban J connectivity index is 1.42. The van der Waals surface area contributed by atoms with Gasteiger partial charge in [-0.2, -0.15) is 4.31 Å². The van der Waals surface area contributed by atoms with Crippen molar-refractivity contribution in [3.8, 4) is 0 Å². The van der Waals surface area contributed by atoms with Gasteiger partial charge in [0.25, 0.3) is 5.91 Å². The van der Waals surface area contributed by atoms with Crippen molar-refractivity contribution in [1.29, 1.82) is 0 Å². The molecule has 0 N–H and O–H groups in total. The summed E-state index contributed by atoms with van der Waals surface area (Å²) in [6.07, 6.45) is 2.86. The van der Waals surface area contributed by atoms with Gasteiger partial charge in [0, 0.05) is 35.4 Å². The lowest BCUT2D eigenvalue weighted by atomic mass is 10.2. The number of nitrogens with zero attached hydrogens (tertiary/aromatic N) is 3. The Morgan fingerprint density at radius 2 is 1.65 bits per heavy atom. The van der Waals surface area contributed by atoms with E-state index in [4.69, 9.17) is 0 Å². The quantitative estimate of drug-likeness (QED) is 0.585. The first kappa shape index (κ1) is 22.5. The van der Waals surface area contributed by atoms with Gasteiger partial charge < -0.3 is 0 Å². The van der Waals surface area contributed by atoms with E-state index in [0.29, 0.717) is 36.9 Å². The third kappa shape index (κ3) is 5.22. The minimum Gasteiger partial charge on any atom is -0.286 e. The maximum absolute atomic E-state index is 13.0. The summed E-state index contributed by atoms with van der Waals surface area (Å²) in [4.78, 5) is 19.4. The molecule has 4 rings (SSSR count). The Labute approximate surface area is 195 Å². The van der Waals surface area contributed by atoms with E-state index < -0.39 is 10.0 Å². The zero-order valence-corrected chi connectivity index (χ0v) is 20.3. The van der Waals surface area contributed by atoms with Crippen LogP contribution in [-0.4, -0.2) is 54.9 Å². The summed E-state index contributed by atoms with van der Waals surface area (Å²) in [5, 5.41) is 0.706. The van der Waals surface area contributed by atoms with Gasteiger partial charge in [-0.05, 0) is 54.8 Å². The molecule has 2 aliphatic rings. The number of hydrogen-bond donors (Lipinski definition) is 0. The molecule has 31 heavy (non-hydrogen) atoms. The van der Waals surface area contributed by atoms with Crippen LogP contribution in [0.15, 0.2) is 62.9 Å². The average Bonchev–Trinajstić information content (AvgIpc) is 3.27. The normalized spacial score (nSPS) is 17.6. The molecule has 0 radical (unpaired) electrons. The number of amidine groups is 1. The first-order valence-corrected chi connectivity index (χ1v) is 13.5. The molecule has 1 saturated heterocycles. The molecule has 0 aliphatic carbocycles. The number of rotatable bonds is 5. The molecule has 0 saturated carbocycles. The van der Waals surface area contributed by atoms with Crippen molar-refractivity contribution in [3.63, 3.8) is 0 Å². The molecule has 0 aromatic heterocycles. The highest BCUT2D eigenvalue weighted by Crippen LogP contribution is 2.24. The van der Waals surface area contributed by atoms with E-state index in [0.717, 1.165) is 35.1 Å². The minimum absolute atomic E-state index is 0.151. The first-order valence-electron chi connectivity index (χ1n) is 10.3. The standard InChI is InChI=1S/C22H24BrN3O3S2/c23-19-8-4-17(5-9-19)16-30-22-24-12-15-26(22)21(27)18-6-10-20(11-7-18)31(28,29)25-13-2-1-3-14-25/h4-11H,1-3,12-16H2. The van der Waals surface area contributed by atoms with Crippen LogP contribution < -0.4 is 0 Å². The fourth-order valence-corrected chi connectivity index (χ4v) is 6.43. The largest absolute Gasteiger partial charge is 0.286 e. The van der Waals surface area contributed by atoms with E-state index in [1.807, 2.05) is 24.3 Å². The molecule has 2 aliphatic heterocycles. The van der Waals surface area contributed by atoms with Gasteiger partial charge in [-0.1, -0.05) is 46.2 Å². The fourth-order valence-electron chi connectivity index (χ4n) is 3.65. The maximum Gasteiger partial charge on any atom is 0.259 e. The smallest absolute Gasteiger partial charge is 0.259 e. The van der Waals surface area contributed by atoms with Crippen molar-refractivity contribution in [3.05, 3.63) is 64.1 Å². The number of thioether (sulfide) groups is 1. The van der Waals surface area contributed by atoms with Crippen LogP contribution in [0.3, 0.4) is 0 Å². The van der Waals surface area contributed by atoms with Crippen molar-refractivity contribution >= 4 is 48.8 Å². The SMILES string of the molecule is O=C(c1ccc(S(=O)(=O)N2CCCCC2)cc1)N1CCN=C1SCc1ccc(Br)cc1. The summed E-state index contributed by atoms with van der Waals surface area (Å²) in [7, 11) is -3.50. The highest BCUT2D eigenvalue weighted by atomic mass is 79.9. The Morgan fingerprint density at radius 3 is 2.32 bits per heavy atom. The Kier molecular flexibility index (Phi) is 7.15. The van der Waals surface area contributed by atoms with E-state index >= 15 is 0 Å². The second kappa shape index (κ2) is 9.85. The Bertz CT molecular complexity index is 1060. The van der Waals surface area contributed by atoms with Crippen molar-refractivity contribution in [2.75, 3.05) is 26.2 Å². The molecule has 2 aromatic rings. The molecule has 0 bridgehead atoms. The molecule has 0 unspecified atom stereocenters. The first-order chi connectivity index (χ1) is 14.9. The topological polar surface area (TPSA) is 70.1 Å². The van der Waals surface area contributed by atoms with Crippen LogP contribution in [0.2, 0.25) is 0 Å². The molecular formula is C22H24BrN3O3S2. The molecule has 0 spiro atoms. The molecule has 2 heterocycles. The summed E-state index contributed by atoms with van der Waals surface area (Å²) < 4.78 is 28.2. The van der Waals surface area contributed by atoms with Crippen LogP contribution in [0.1, 0.15) is 35.2 Å². The van der Waals surface area contributed by atoms with Gasteiger partial charge in [-0.25, -0.2) is 8.42 Å². The van der Waals surface area contributed by atoms with Crippen LogP contribution in [0.5, 0.6) is 0 Å². The van der Waals surface area contributed by atoms with Gasteiger partial charge in [-0.3, -0.25) is 14.7 Å². The number of carbonyl (C=O) groups is 1. The van der Waals surface area contributed by atoms with Gasteiger partial charge in [0.15, 0.2) is 5.17 Å². The van der Waals surface area contributed by atoms with E-state index in [1.165, 1.54) is 16.1 Å². The van der Waals surface area contributed by atoms with Gasteiger partial charge in [-0.15, -0.1) is 0 Å². The molecule has 6 nitrogen and oxygen atoms in total. The van der Waals surface area contributed by atoms with Gasteiger partial charge in [0.1, 0.15) is 0 Å². The summed E-state index contributed by atoms with van der Waals surface area (Å²) in [6.45, 7) is 2.24. The van der Waals surface area contributed by atoms with Crippen molar-refractivity contribution in [2.45, 2.75) is 29.9 Å². The lowest BCUT2D eigenvalue weighted by Gasteiger charge is -2.26. The van der Waals surface area contributed by atoms with E-state index in [2.05, 4.69) is 20.9 Å². The average molecular weight is 522 g/mol. The number of halogens is 1. The predicted octanol–water partition coefficient (Wildman–Crippen LogP) is 4.37. The zero-order valence-electron chi connectivity index (χ0n) is 17.0. The molecule has 2 aromatic carbocycles. The summed E-state index contributed by atoms with van der Waals surface area (Å²) in [5.74, 6) is 0.574. The number of aliphatic imine (C=N–C) groups is 1. The summed E-state index contributed by atoms with van der Waals surface area (Å²) >= 11 is 4.97. The van der Waals surface area contributed by atoms with Crippen molar-refractivity contribution in [1.82, 2.24) is 9.21 Å². The van der Waals surface area contributed by atoms with E-state index in [-0.39, 0.29) is 10.8 Å². The summed E-state index contributed by atoms with van der Waals surface area (Å²) in [6, 6.07) is 14.4. The molecule has 164 valence electrons. The lowest BCUT2D eigenvalue weighted by molar-refractivity contribution is 0.0860. The number of hydrogen-bond acceptors (Lipinski definition) is 5. The Hall–Kier alpha value is -1.68. The number of amides is 1. The van der Waals surface area contributed by atoms with Crippen LogP contribution in [0.25, 0.3) is 0 Å². The van der Waals surface area contributed by atoms with Crippen molar-refractivity contribution < 1.29 is 13.2 Å². The minimum atomic E-state index is -3.50. The second-order valence-electron chi connectivity index (χ2n) is 7.53. The number of sulfonamides is 1. The van der Waals surface area contributed by atoms with Crippen molar-refractivity contribution in [2.24, 2.45) is 4.99 Å². The number of piperidine rings is 1. The predicted molar refractivity (Wildman–Crippen MR) is 128 cm³/mol. The monoisotopic (exact) mass is 521 g/mol. The Morgan fingerprint density at radius 1 is 0.968 bits per heavy atom. The second-order valence-corrected chi connectivity index (χ2v) is 11.3. The molecular weight excluding hydrogens is 498 g/mol. The van der Waals surface area contributed by atoms with Gasteiger partial charge in [0.05, 0.1) is 11.4 Å². The van der Waals surface area contributed by atoms with Crippen LogP contribution in [0, 0.1) is 0 Å². The number of carbonyl (C=O) groups excluding carboxylic acids is 1. The van der Waals surface area contributed by atoms with E-state index in [9.17, 15) is 13.2 Å². The molecule has 1 amide bonds. The van der Waals surface area contributed by atoms with Gasteiger partial charge in [0.2, 0.25) is 10.0 Å². The fraction of sp³-hybridized carbons (Fsp3) is 0.364. The van der Waals surface area contributed by atoms with Crippen LogP contribution in [-0.2, 0) is 15.8 Å². The van der Waals surface area contributed by atoms with Crippen LogP contribution in [0.4, 0.5) is 0 Å². The lowest BCUT2D eigenvalue weighted by Crippen LogP contribution is -2.35. The summed E-state index contributed by atoms with van der Waals surface area (Å²) in [5.41, 5.74) is 1.62. The third-order valence-corrected chi connectivity index (χ3v) is 8.91. The van der Waals surface area contributed by atoms with E-state index in [1.54, 1.807) is 29.2 Å².